The van der Waals surface area contributed by atoms with E-state index in [0.717, 1.165) is 0 Å². The highest BCUT2D eigenvalue weighted by molar-refractivity contribution is 5.86. The number of nitrogens with zero attached hydrogens (tertiary/aromatic N) is 3. The van der Waals surface area contributed by atoms with Crippen molar-refractivity contribution in [3.05, 3.63) is 17.9 Å². The average molecular weight is 166 g/mol. The van der Waals surface area contributed by atoms with Gasteiger partial charge >= 0.3 is 0 Å². The number of nitrogen functional groups attached to an aromatic ring is 1. The first-order valence-corrected chi connectivity index (χ1v) is 3.43. The van der Waals surface area contributed by atoms with Crippen LogP contribution in [0.3, 0.4) is 0 Å². The van der Waals surface area contributed by atoms with Gasteiger partial charge in [0.05, 0.1) is 5.69 Å². The van der Waals surface area contributed by atoms with E-state index in [1.165, 1.54) is 16.8 Å². The fraction of sp³-hybridized carbons (Fsp3) is 0.143. The van der Waals surface area contributed by atoms with Crippen LogP contribution in [0.25, 0.3) is 11.0 Å². The number of hydrogen-bond acceptors (Lipinski definition) is 3. The van der Waals surface area contributed by atoms with E-state index in [-0.39, 0.29) is 5.82 Å². The Kier molecular flexibility index (Phi) is 1.27. The van der Waals surface area contributed by atoms with Gasteiger partial charge in [0.15, 0.2) is 5.82 Å². The number of rotatable bonds is 0. The third kappa shape index (κ3) is 0.761. The van der Waals surface area contributed by atoms with Gasteiger partial charge in [-0.15, -0.1) is 5.10 Å². The number of halogens is 1. The van der Waals surface area contributed by atoms with Crippen molar-refractivity contribution in [2.45, 2.75) is 0 Å². The summed E-state index contributed by atoms with van der Waals surface area (Å²) in [6, 6.07) is 2.79. The van der Waals surface area contributed by atoms with Crippen molar-refractivity contribution < 1.29 is 4.39 Å². The fourth-order valence-electron chi connectivity index (χ4n) is 1.14. The SMILES string of the molecule is Cn1nnc2c(N)ccc(F)c21. The Balaban J connectivity index is 2.98. The molecule has 0 aliphatic rings. The summed E-state index contributed by atoms with van der Waals surface area (Å²) in [5.74, 6) is -0.355. The standard InChI is InChI=1S/C7H7FN4/c1-12-7-4(8)2-3-5(9)6(7)10-11-12/h2-3H,9H2,1H3. The molecule has 0 bridgehead atoms. The molecule has 2 aromatic rings. The Morgan fingerprint density at radius 1 is 1.50 bits per heavy atom. The highest BCUT2D eigenvalue weighted by Gasteiger charge is 2.09. The number of fused-ring (bicyclic) bond motifs is 1. The second kappa shape index (κ2) is 2.17. The van der Waals surface area contributed by atoms with Crippen LogP contribution in [0.2, 0.25) is 0 Å². The number of anilines is 1. The first kappa shape index (κ1) is 7.02. The minimum absolute atomic E-state index is 0.343. The summed E-state index contributed by atoms with van der Waals surface area (Å²) in [5.41, 5.74) is 6.76. The predicted octanol–water partition coefficient (Wildman–Crippen LogP) is 0.690. The molecule has 2 N–H and O–H groups in total. The van der Waals surface area contributed by atoms with Crippen molar-refractivity contribution in [1.82, 2.24) is 15.0 Å². The molecule has 4 nitrogen and oxygen atoms in total. The second-order valence-corrected chi connectivity index (χ2v) is 2.55. The summed E-state index contributed by atoms with van der Waals surface area (Å²) in [6.45, 7) is 0. The molecule has 0 radical (unpaired) electrons. The third-order valence-electron chi connectivity index (χ3n) is 1.74. The normalized spacial score (nSPS) is 10.8. The lowest BCUT2D eigenvalue weighted by atomic mass is 10.2. The van der Waals surface area contributed by atoms with Crippen LogP contribution in [-0.2, 0) is 7.05 Å². The molecule has 12 heavy (non-hydrogen) atoms. The molecule has 2 rings (SSSR count). The second-order valence-electron chi connectivity index (χ2n) is 2.55. The first-order valence-electron chi connectivity index (χ1n) is 3.43. The highest BCUT2D eigenvalue weighted by Crippen LogP contribution is 2.19. The molecule has 0 unspecified atom stereocenters. The van der Waals surface area contributed by atoms with Crippen molar-refractivity contribution in [2.75, 3.05) is 5.73 Å². The molecule has 0 aliphatic heterocycles. The summed E-state index contributed by atoms with van der Waals surface area (Å²) in [4.78, 5) is 0. The van der Waals surface area contributed by atoms with Crippen LogP contribution in [0.4, 0.5) is 10.1 Å². The molecule has 0 saturated heterocycles. The zero-order valence-electron chi connectivity index (χ0n) is 6.45. The van der Waals surface area contributed by atoms with Crippen molar-refractivity contribution >= 4 is 16.7 Å². The highest BCUT2D eigenvalue weighted by atomic mass is 19.1. The van der Waals surface area contributed by atoms with Crippen LogP contribution in [0.5, 0.6) is 0 Å². The lowest BCUT2D eigenvalue weighted by Gasteiger charge is -1.95. The van der Waals surface area contributed by atoms with Crippen molar-refractivity contribution in [2.24, 2.45) is 7.05 Å². The lowest BCUT2D eigenvalue weighted by Crippen LogP contribution is -1.93. The smallest absolute Gasteiger partial charge is 0.150 e. The number of aromatic nitrogens is 3. The van der Waals surface area contributed by atoms with E-state index in [1.54, 1.807) is 7.05 Å². The summed E-state index contributed by atoms with van der Waals surface area (Å²) >= 11 is 0. The van der Waals surface area contributed by atoms with Gasteiger partial charge in [0.1, 0.15) is 11.0 Å². The molecular formula is C7H7FN4. The summed E-state index contributed by atoms with van der Waals surface area (Å²) in [6.07, 6.45) is 0. The summed E-state index contributed by atoms with van der Waals surface area (Å²) < 4.78 is 14.5. The minimum Gasteiger partial charge on any atom is -0.397 e. The molecular weight excluding hydrogens is 159 g/mol. The van der Waals surface area contributed by atoms with Crippen LogP contribution >= 0.6 is 0 Å². The number of benzene rings is 1. The van der Waals surface area contributed by atoms with Crippen LogP contribution in [0, 0.1) is 5.82 Å². The Hall–Kier alpha value is -1.65. The Labute approximate surface area is 67.8 Å². The summed E-state index contributed by atoms with van der Waals surface area (Å²) in [7, 11) is 1.62. The molecule has 0 atom stereocenters. The molecule has 62 valence electrons. The Morgan fingerprint density at radius 3 is 2.92 bits per heavy atom. The largest absolute Gasteiger partial charge is 0.397 e. The van der Waals surface area contributed by atoms with E-state index < -0.39 is 0 Å². The average Bonchev–Trinajstić information content (AvgIpc) is 2.42. The fourth-order valence-corrected chi connectivity index (χ4v) is 1.14. The first-order chi connectivity index (χ1) is 5.70. The molecule has 1 heterocycles. The topological polar surface area (TPSA) is 56.7 Å². The van der Waals surface area contributed by atoms with Crippen LogP contribution < -0.4 is 5.73 Å². The van der Waals surface area contributed by atoms with Gasteiger partial charge in [0.2, 0.25) is 0 Å². The molecule has 0 spiro atoms. The van der Waals surface area contributed by atoms with Crippen LogP contribution in [0.15, 0.2) is 12.1 Å². The molecule has 0 saturated carbocycles. The molecule has 0 aliphatic carbocycles. The van der Waals surface area contributed by atoms with Crippen LogP contribution in [0.1, 0.15) is 0 Å². The van der Waals surface area contributed by atoms with E-state index in [2.05, 4.69) is 10.3 Å². The van der Waals surface area contributed by atoms with Gasteiger partial charge in [-0.05, 0) is 12.1 Å². The van der Waals surface area contributed by atoms with Gasteiger partial charge in [-0.2, -0.15) is 0 Å². The monoisotopic (exact) mass is 166 g/mol. The quantitative estimate of drug-likeness (QED) is 0.586. The Morgan fingerprint density at radius 2 is 2.25 bits per heavy atom. The molecule has 1 aromatic heterocycles. The molecule has 0 amide bonds. The number of aryl methyl sites for hydroxylation is 1. The Bertz CT molecular complexity index is 434. The van der Waals surface area contributed by atoms with Gasteiger partial charge in [0.25, 0.3) is 0 Å². The van der Waals surface area contributed by atoms with Crippen molar-refractivity contribution in [3.8, 4) is 0 Å². The van der Waals surface area contributed by atoms with E-state index >= 15 is 0 Å². The van der Waals surface area contributed by atoms with Gasteiger partial charge < -0.3 is 5.73 Å². The van der Waals surface area contributed by atoms with Crippen molar-refractivity contribution in [1.29, 1.82) is 0 Å². The maximum atomic E-state index is 13.1. The lowest BCUT2D eigenvalue weighted by molar-refractivity contribution is 0.623. The molecule has 1 aromatic carbocycles. The third-order valence-corrected chi connectivity index (χ3v) is 1.74. The molecule has 0 fully saturated rings. The summed E-state index contributed by atoms with van der Waals surface area (Å²) in [5, 5.41) is 7.39. The number of hydrogen-bond donors (Lipinski definition) is 1. The van der Waals surface area contributed by atoms with Crippen LogP contribution in [-0.4, -0.2) is 15.0 Å². The zero-order valence-corrected chi connectivity index (χ0v) is 6.45. The van der Waals surface area contributed by atoms with E-state index in [1.807, 2.05) is 0 Å². The van der Waals surface area contributed by atoms with E-state index in [0.29, 0.717) is 16.7 Å². The van der Waals surface area contributed by atoms with E-state index in [9.17, 15) is 4.39 Å². The maximum absolute atomic E-state index is 13.1. The van der Waals surface area contributed by atoms with E-state index in [4.69, 9.17) is 5.73 Å². The number of nitrogens with two attached hydrogens (primary N) is 1. The van der Waals surface area contributed by atoms with Gasteiger partial charge in [-0.1, -0.05) is 5.21 Å². The minimum atomic E-state index is -0.355. The van der Waals surface area contributed by atoms with Crippen molar-refractivity contribution in [3.63, 3.8) is 0 Å². The zero-order chi connectivity index (χ0) is 8.72. The predicted molar refractivity (Wildman–Crippen MR) is 42.9 cm³/mol. The van der Waals surface area contributed by atoms with Gasteiger partial charge in [-0.3, -0.25) is 0 Å². The maximum Gasteiger partial charge on any atom is 0.150 e. The van der Waals surface area contributed by atoms with Gasteiger partial charge in [-0.25, -0.2) is 9.07 Å². The van der Waals surface area contributed by atoms with Gasteiger partial charge in [0, 0.05) is 7.05 Å². The molecule has 5 heteroatoms.